The lowest BCUT2D eigenvalue weighted by atomic mass is 10.1. The molecule has 0 unspecified atom stereocenters. The molecule has 0 bridgehead atoms. The highest BCUT2D eigenvalue weighted by atomic mass is 32.2. The minimum atomic E-state index is -3.34. The second kappa shape index (κ2) is 6.72. The van der Waals surface area contributed by atoms with Crippen LogP contribution in [0.15, 0.2) is 18.2 Å². The van der Waals surface area contributed by atoms with Crippen LogP contribution in [-0.2, 0) is 21.4 Å². The van der Waals surface area contributed by atoms with Crippen LogP contribution in [0.5, 0.6) is 0 Å². The summed E-state index contributed by atoms with van der Waals surface area (Å²) in [5.41, 5.74) is 7.25. The van der Waals surface area contributed by atoms with Crippen molar-refractivity contribution in [2.45, 2.75) is 13.5 Å². The highest BCUT2D eigenvalue weighted by Gasteiger charge is 2.30. The van der Waals surface area contributed by atoms with E-state index in [-0.39, 0.29) is 6.54 Å². The molecule has 7 nitrogen and oxygen atoms in total. The van der Waals surface area contributed by atoms with Gasteiger partial charge in [0.25, 0.3) is 0 Å². The van der Waals surface area contributed by atoms with Crippen LogP contribution in [0, 0.1) is 12.8 Å². The standard InChI is InChI=1S/C14H22N4O3S/c1-11-4-3-5-13(16-11)10-17-6-7-18(22(2,20)21)9-12(8-17)14(15)19/h3-5,12H,6-10H2,1-2H3,(H2,15,19)/t12-/m0/s1. The maximum Gasteiger partial charge on any atom is 0.223 e. The topological polar surface area (TPSA) is 96.6 Å². The molecule has 0 spiro atoms. The van der Waals surface area contributed by atoms with Crippen LogP contribution in [0.2, 0.25) is 0 Å². The van der Waals surface area contributed by atoms with Crippen molar-refractivity contribution in [3.63, 3.8) is 0 Å². The number of aromatic nitrogens is 1. The van der Waals surface area contributed by atoms with Gasteiger partial charge in [-0.1, -0.05) is 6.07 Å². The lowest BCUT2D eigenvalue weighted by Gasteiger charge is -2.21. The number of carbonyl (C=O) groups is 1. The van der Waals surface area contributed by atoms with Gasteiger partial charge in [-0.2, -0.15) is 0 Å². The predicted molar refractivity (Wildman–Crippen MR) is 83.4 cm³/mol. The average molecular weight is 326 g/mol. The third-order valence-corrected chi connectivity index (χ3v) is 5.04. The number of carbonyl (C=O) groups excluding carboxylic acids is 1. The number of hydrogen-bond donors (Lipinski definition) is 1. The van der Waals surface area contributed by atoms with Crippen LogP contribution in [0.25, 0.3) is 0 Å². The number of rotatable bonds is 4. The number of pyridine rings is 1. The molecule has 1 aromatic heterocycles. The Kier molecular flexibility index (Phi) is 5.15. The number of primary amides is 1. The summed E-state index contributed by atoms with van der Waals surface area (Å²) in [4.78, 5) is 18.1. The molecular weight excluding hydrogens is 304 g/mol. The molecule has 0 radical (unpaired) electrons. The molecule has 1 aliphatic heterocycles. The van der Waals surface area contributed by atoms with E-state index in [9.17, 15) is 13.2 Å². The second-order valence-electron chi connectivity index (χ2n) is 5.73. The van der Waals surface area contributed by atoms with Crippen molar-refractivity contribution in [3.05, 3.63) is 29.6 Å². The van der Waals surface area contributed by atoms with Crippen LogP contribution >= 0.6 is 0 Å². The second-order valence-corrected chi connectivity index (χ2v) is 7.71. The summed E-state index contributed by atoms with van der Waals surface area (Å²) in [5, 5.41) is 0. The normalized spacial score (nSPS) is 21.5. The van der Waals surface area contributed by atoms with Crippen LogP contribution < -0.4 is 5.73 Å². The minimum Gasteiger partial charge on any atom is -0.369 e. The van der Waals surface area contributed by atoms with Gasteiger partial charge in [-0.05, 0) is 19.1 Å². The Morgan fingerprint density at radius 2 is 2.09 bits per heavy atom. The fourth-order valence-electron chi connectivity index (χ4n) is 2.59. The molecule has 122 valence electrons. The van der Waals surface area contributed by atoms with Gasteiger partial charge >= 0.3 is 0 Å². The van der Waals surface area contributed by atoms with E-state index in [1.54, 1.807) is 0 Å². The Bertz CT molecular complexity index is 647. The van der Waals surface area contributed by atoms with Crippen molar-refractivity contribution in [1.29, 1.82) is 0 Å². The largest absolute Gasteiger partial charge is 0.369 e. The SMILES string of the molecule is Cc1cccc(CN2CCN(S(C)(=O)=O)C[C@@H](C(N)=O)C2)n1. The molecule has 2 N–H and O–H groups in total. The van der Waals surface area contributed by atoms with Gasteiger partial charge in [-0.25, -0.2) is 12.7 Å². The summed E-state index contributed by atoms with van der Waals surface area (Å²) >= 11 is 0. The summed E-state index contributed by atoms with van der Waals surface area (Å²) in [6.07, 6.45) is 1.16. The van der Waals surface area contributed by atoms with Gasteiger partial charge in [0.05, 0.1) is 17.9 Å². The zero-order chi connectivity index (χ0) is 16.3. The van der Waals surface area contributed by atoms with Crippen molar-refractivity contribution < 1.29 is 13.2 Å². The molecule has 8 heteroatoms. The Labute approximate surface area is 131 Å². The predicted octanol–water partition coefficient (Wildman–Crippen LogP) is -0.431. The summed E-state index contributed by atoms with van der Waals surface area (Å²) in [6.45, 7) is 3.98. The monoisotopic (exact) mass is 326 g/mol. The van der Waals surface area contributed by atoms with Gasteiger partial charge in [0.1, 0.15) is 0 Å². The van der Waals surface area contributed by atoms with E-state index in [4.69, 9.17) is 5.73 Å². The van der Waals surface area contributed by atoms with Crippen molar-refractivity contribution in [3.8, 4) is 0 Å². The van der Waals surface area contributed by atoms with E-state index >= 15 is 0 Å². The first kappa shape index (κ1) is 16.9. The molecule has 0 aliphatic carbocycles. The van der Waals surface area contributed by atoms with Gasteiger partial charge < -0.3 is 5.73 Å². The molecular formula is C14H22N4O3S. The molecule has 0 saturated carbocycles. The zero-order valence-electron chi connectivity index (χ0n) is 12.9. The molecule has 0 aromatic carbocycles. The number of amides is 1. The first-order valence-corrected chi connectivity index (χ1v) is 9.00. The van der Waals surface area contributed by atoms with E-state index in [0.717, 1.165) is 17.6 Å². The van der Waals surface area contributed by atoms with E-state index in [0.29, 0.717) is 26.2 Å². The fraction of sp³-hybridized carbons (Fsp3) is 0.571. The number of nitrogens with zero attached hydrogens (tertiary/aromatic N) is 3. The third kappa shape index (κ3) is 4.49. The van der Waals surface area contributed by atoms with Crippen LogP contribution in [0.3, 0.4) is 0 Å². The van der Waals surface area contributed by atoms with Crippen LogP contribution in [0.4, 0.5) is 0 Å². The van der Waals surface area contributed by atoms with Crippen molar-refractivity contribution in [2.24, 2.45) is 11.7 Å². The average Bonchev–Trinajstić information content (AvgIpc) is 2.61. The Hall–Kier alpha value is -1.51. The first-order valence-electron chi connectivity index (χ1n) is 7.15. The molecule has 1 amide bonds. The van der Waals surface area contributed by atoms with Gasteiger partial charge in [0.2, 0.25) is 15.9 Å². The van der Waals surface area contributed by atoms with E-state index in [2.05, 4.69) is 4.98 Å². The fourth-order valence-corrected chi connectivity index (χ4v) is 3.46. The smallest absolute Gasteiger partial charge is 0.223 e. The lowest BCUT2D eigenvalue weighted by Crippen LogP contribution is -2.40. The van der Waals surface area contributed by atoms with E-state index < -0.39 is 21.8 Å². The molecule has 1 atom stereocenters. The molecule has 22 heavy (non-hydrogen) atoms. The van der Waals surface area contributed by atoms with E-state index in [1.807, 2.05) is 30.0 Å². The summed E-state index contributed by atoms with van der Waals surface area (Å²) in [5.74, 6) is -0.986. The van der Waals surface area contributed by atoms with Gasteiger partial charge in [-0.3, -0.25) is 14.7 Å². The highest BCUT2D eigenvalue weighted by molar-refractivity contribution is 7.88. The maximum absolute atomic E-state index is 11.8. The molecule has 1 fully saturated rings. The van der Waals surface area contributed by atoms with Crippen LogP contribution in [-0.4, -0.2) is 60.9 Å². The van der Waals surface area contributed by atoms with Gasteiger partial charge in [0.15, 0.2) is 0 Å². The third-order valence-electron chi connectivity index (χ3n) is 3.77. The van der Waals surface area contributed by atoms with Crippen molar-refractivity contribution in [1.82, 2.24) is 14.2 Å². The summed E-state index contributed by atoms with van der Waals surface area (Å²) in [6, 6.07) is 5.78. The maximum atomic E-state index is 11.8. The lowest BCUT2D eigenvalue weighted by molar-refractivity contribution is -0.122. The molecule has 1 aliphatic rings. The summed E-state index contributed by atoms with van der Waals surface area (Å²) < 4.78 is 24.8. The molecule has 1 aromatic rings. The summed E-state index contributed by atoms with van der Waals surface area (Å²) in [7, 11) is -3.34. The number of sulfonamides is 1. The molecule has 2 rings (SSSR count). The van der Waals surface area contributed by atoms with Gasteiger partial charge in [-0.15, -0.1) is 0 Å². The Balaban J connectivity index is 2.14. The van der Waals surface area contributed by atoms with Crippen LogP contribution in [0.1, 0.15) is 11.4 Å². The minimum absolute atomic E-state index is 0.145. The Morgan fingerprint density at radius 3 is 2.68 bits per heavy atom. The number of nitrogens with two attached hydrogens (primary N) is 1. The molecule has 1 saturated heterocycles. The Morgan fingerprint density at radius 1 is 1.36 bits per heavy atom. The van der Waals surface area contributed by atoms with Crippen molar-refractivity contribution >= 4 is 15.9 Å². The number of hydrogen-bond acceptors (Lipinski definition) is 5. The molecule has 2 heterocycles. The van der Waals surface area contributed by atoms with E-state index in [1.165, 1.54) is 4.31 Å². The van der Waals surface area contributed by atoms with Gasteiger partial charge in [0, 0.05) is 38.4 Å². The number of aryl methyl sites for hydroxylation is 1. The quantitative estimate of drug-likeness (QED) is 0.810. The first-order chi connectivity index (χ1) is 10.3. The van der Waals surface area contributed by atoms with Crippen molar-refractivity contribution in [2.75, 3.05) is 32.4 Å². The zero-order valence-corrected chi connectivity index (χ0v) is 13.7. The highest BCUT2D eigenvalue weighted by Crippen LogP contribution is 2.14.